The first-order chi connectivity index (χ1) is 12.0. The van der Waals surface area contributed by atoms with Crippen LogP contribution in [0.15, 0.2) is 41.2 Å². The largest absolute Gasteiger partial charge is 0.443 e. The lowest BCUT2D eigenvalue weighted by Gasteiger charge is -2.05. The molecule has 3 heterocycles. The summed E-state index contributed by atoms with van der Waals surface area (Å²) in [5.74, 6) is 1.15. The zero-order valence-corrected chi connectivity index (χ0v) is 14.3. The molecule has 6 heteroatoms. The Labute approximate surface area is 144 Å². The highest BCUT2D eigenvalue weighted by molar-refractivity contribution is 6.01. The first-order valence-electron chi connectivity index (χ1n) is 8.08. The molecule has 1 N–H and O–H groups in total. The molecule has 0 aliphatic carbocycles. The lowest BCUT2D eigenvalue weighted by Crippen LogP contribution is -2.15. The summed E-state index contributed by atoms with van der Waals surface area (Å²) in [6.45, 7) is 3.81. The highest BCUT2D eigenvalue weighted by Gasteiger charge is 2.16. The summed E-state index contributed by atoms with van der Waals surface area (Å²) < 4.78 is 7.63. The Bertz CT molecular complexity index is 1110. The van der Waals surface area contributed by atoms with Gasteiger partial charge < -0.3 is 14.3 Å². The van der Waals surface area contributed by atoms with Crippen LogP contribution in [0.1, 0.15) is 16.9 Å². The number of rotatable bonds is 3. The summed E-state index contributed by atoms with van der Waals surface area (Å²) in [5.41, 5.74) is 3.53. The second-order valence-electron chi connectivity index (χ2n) is 6.19. The third-order valence-corrected chi connectivity index (χ3v) is 4.55. The van der Waals surface area contributed by atoms with E-state index in [9.17, 15) is 4.79 Å². The Balaban J connectivity index is 1.65. The molecule has 0 saturated heterocycles. The van der Waals surface area contributed by atoms with Gasteiger partial charge in [-0.25, -0.2) is 9.97 Å². The Morgan fingerprint density at radius 3 is 2.88 bits per heavy atom. The number of carbonyl (C=O) groups excluding carboxylic acids is 1. The van der Waals surface area contributed by atoms with Crippen LogP contribution < -0.4 is 5.32 Å². The average Bonchev–Trinajstić information content (AvgIpc) is 3.06. The molecule has 0 bridgehead atoms. The Kier molecular flexibility index (Phi) is 3.53. The number of aromatic nitrogens is 3. The Hall–Kier alpha value is -3.15. The van der Waals surface area contributed by atoms with E-state index < -0.39 is 0 Å². The molecule has 6 nitrogen and oxygen atoms in total. The molecule has 0 spiro atoms. The number of fused-ring (bicyclic) bond motifs is 2. The van der Waals surface area contributed by atoms with Gasteiger partial charge in [0, 0.05) is 29.7 Å². The minimum Gasteiger partial charge on any atom is -0.443 e. The average molecular weight is 334 g/mol. The van der Waals surface area contributed by atoms with Crippen molar-refractivity contribution in [3.63, 3.8) is 0 Å². The summed E-state index contributed by atoms with van der Waals surface area (Å²) in [7, 11) is 1.98. The number of aryl methyl sites for hydroxylation is 3. The van der Waals surface area contributed by atoms with Crippen LogP contribution in [0.5, 0.6) is 0 Å². The number of amides is 1. The quantitative estimate of drug-likeness (QED) is 0.622. The molecule has 1 aromatic carbocycles. The number of benzene rings is 1. The van der Waals surface area contributed by atoms with Crippen LogP contribution >= 0.6 is 0 Å². The standard InChI is InChI=1S/C19H18N4O2/c1-11-12(2)25-19-17(11)18(20-10-21-19)22-16(24)8-13-9-23(3)15-7-5-4-6-14(13)15/h4-7,9-10H,8H2,1-3H3,(H,20,21,22,24). The lowest BCUT2D eigenvalue weighted by atomic mass is 10.1. The van der Waals surface area contributed by atoms with Crippen molar-refractivity contribution in [1.82, 2.24) is 14.5 Å². The van der Waals surface area contributed by atoms with Crippen LogP contribution in [-0.2, 0) is 18.3 Å². The van der Waals surface area contributed by atoms with Gasteiger partial charge in [0.1, 0.15) is 17.9 Å². The first-order valence-corrected chi connectivity index (χ1v) is 8.08. The fourth-order valence-corrected chi connectivity index (χ4v) is 3.19. The summed E-state index contributed by atoms with van der Waals surface area (Å²) >= 11 is 0. The number of para-hydroxylation sites is 1. The van der Waals surface area contributed by atoms with Gasteiger partial charge in [-0.3, -0.25) is 4.79 Å². The van der Waals surface area contributed by atoms with Crippen LogP contribution in [-0.4, -0.2) is 20.4 Å². The molecular formula is C19H18N4O2. The minimum absolute atomic E-state index is 0.116. The van der Waals surface area contributed by atoms with Crippen molar-refractivity contribution in [3.8, 4) is 0 Å². The van der Waals surface area contributed by atoms with Crippen LogP contribution in [0.25, 0.3) is 22.0 Å². The predicted octanol–water partition coefficient (Wildman–Crippen LogP) is 3.51. The number of nitrogens with one attached hydrogen (secondary N) is 1. The topological polar surface area (TPSA) is 73.0 Å². The molecule has 0 saturated carbocycles. The number of hydrogen-bond acceptors (Lipinski definition) is 4. The Morgan fingerprint density at radius 1 is 1.24 bits per heavy atom. The van der Waals surface area contributed by atoms with E-state index in [1.807, 2.05) is 55.9 Å². The molecule has 0 atom stereocenters. The summed E-state index contributed by atoms with van der Waals surface area (Å²) in [6, 6.07) is 8.05. The molecule has 25 heavy (non-hydrogen) atoms. The molecule has 4 aromatic rings. The molecule has 1 amide bonds. The third-order valence-electron chi connectivity index (χ3n) is 4.55. The molecule has 0 aliphatic rings. The van der Waals surface area contributed by atoms with Crippen molar-refractivity contribution in [2.24, 2.45) is 7.05 Å². The van der Waals surface area contributed by atoms with Gasteiger partial charge in [0.25, 0.3) is 0 Å². The number of hydrogen-bond donors (Lipinski definition) is 1. The molecule has 0 radical (unpaired) electrons. The number of anilines is 1. The fourth-order valence-electron chi connectivity index (χ4n) is 3.19. The van der Waals surface area contributed by atoms with Gasteiger partial charge in [0.05, 0.1) is 11.8 Å². The summed E-state index contributed by atoms with van der Waals surface area (Å²) in [6.07, 6.45) is 3.67. The van der Waals surface area contributed by atoms with Gasteiger partial charge in [-0.1, -0.05) is 18.2 Å². The van der Waals surface area contributed by atoms with Crippen molar-refractivity contribution in [2.45, 2.75) is 20.3 Å². The van der Waals surface area contributed by atoms with Crippen LogP contribution in [0.4, 0.5) is 5.82 Å². The number of furan rings is 1. The van der Waals surface area contributed by atoms with Crippen molar-refractivity contribution in [1.29, 1.82) is 0 Å². The highest BCUT2D eigenvalue weighted by atomic mass is 16.3. The molecule has 4 rings (SSSR count). The second-order valence-corrected chi connectivity index (χ2v) is 6.19. The predicted molar refractivity (Wildman–Crippen MR) is 96.5 cm³/mol. The smallest absolute Gasteiger partial charge is 0.231 e. The second kappa shape index (κ2) is 5.73. The fraction of sp³-hybridized carbons (Fsp3) is 0.211. The Morgan fingerprint density at radius 2 is 2.04 bits per heavy atom. The zero-order valence-electron chi connectivity index (χ0n) is 14.3. The minimum atomic E-state index is -0.116. The van der Waals surface area contributed by atoms with Crippen molar-refractivity contribution < 1.29 is 9.21 Å². The maximum atomic E-state index is 12.6. The highest BCUT2D eigenvalue weighted by Crippen LogP contribution is 2.28. The zero-order chi connectivity index (χ0) is 17.6. The molecule has 0 unspecified atom stereocenters. The van der Waals surface area contributed by atoms with Crippen LogP contribution in [0, 0.1) is 13.8 Å². The van der Waals surface area contributed by atoms with E-state index in [4.69, 9.17) is 4.42 Å². The molecular weight excluding hydrogens is 316 g/mol. The van der Waals surface area contributed by atoms with Crippen molar-refractivity contribution in [2.75, 3.05) is 5.32 Å². The van der Waals surface area contributed by atoms with E-state index in [1.165, 1.54) is 6.33 Å². The summed E-state index contributed by atoms with van der Waals surface area (Å²) in [4.78, 5) is 20.9. The SMILES string of the molecule is Cc1oc2ncnc(NC(=O)Cc3cn(C)c4ccccc34)c2c1C. The monoisotopic (exact) mass is 334 g/mol. The van der Waals surface area contributed by atoms with Crippen molar-refractivity contribution >= 4 is 33.7 Å². The number of carbonyl (C=O) groups is 1. The van der Waals surface area contributed by atoms with E-state index in [-0.39, 0.29) is 12.3 Å². The van der Waals surface area contributed by atoms with E-state index in [0.717, 1.165) is 33.2 Å². The van der Waals surface area contributed by atoms with E-state index in [0.29, 0.717) is 11.5 Å². The van der Waals surface area contributed by atoms with E-state index >= 15 is 0 Å². The first kappa shape index (κ1) is 15.4. The normalized spacial score (nSPS) is 11.3. The van der Waals surface area contributed by atoms with Crippen LogP contribution in [0.3, 0.4) is 0 Å². The van der Waals surface area contributed by atoms with E-state index in [2.05, 4.69) is 15.3 Å². The van der Waals surface area contributed by atoms with E-state index in [1.54, 1.807) is 0 Å². The third kappa shape index (κ3) is 2.55. The van der Waals surface area contributed by atoms with Crippen LogP contribution in [0.2, 0.25) is 0 Å². The number of nitrogens with zero attached hydrogens (tertiary/aromatic N) is 3. The van der Waals surface area contributed by atoms with Crippen molar-refractivity contribution in [3.05, 3.63) is 53.7 Å². The lowest BCUT2D eigenvalue weighted by molar-refractivity contribution is -0.115. The molecule has 0 aliphatic heterocycles. The maximum Gasteiger partial charge on any atom is 0.231 e. The molecule has 3 aromatic heterocycles. The van der Waals surface area contributed by atoms with Gasteiger partial charge in [0.2, 0.25) is 11.6 Å². The molecule has 0 fully saturated rings. The maximum absolute atomic E-state index is 12.6. The summed E-state index contributed by atoms with van der Waals surface area (Å²) in [5, 5.41) is 4.74. The van der Waals surface area contributed by atoms with Gasteiger partial charge >= 0.3 is 0 Å². The van der Waals surface area contributed by atoms with Gasteiger partial charge in [-0.2, -0.15) is 0 Å². The van der Waals surface area contributed by atoms with Gasteiger partial charge in [-0.15, -0.1) is 0 Å². The molecule has 126 valence electrons. The van der Waals surface area contributed by atoms with Gasteiger partial charge in [-0.05, 0) is 25.5 Å². The van der Waals surface area contributed by atoms with Gasteiger partial charge in [0.15, 0.2) is 0 Å².